The van der Waals surface area contributed by atoms with Crippen LogP contribution in [0.3, 0.4) is 0 Å². The molecule has 0 unspecified atom stereocenters. The van der Waals surface area contributed by atoms with Gasteiger partial charge in [-0.3, -0.25) is 0 Å². The highest BCUT2D eigenvalue weighted by atomic mass is 16.5. The molecule has 0 heterocycles. The molecule has 0 spiro atoms. The van der Waals surface area contributed by atoms with E-state index in [1.807, 2.05) is 6.07 Å². The van der Waals surface area contributed by atoms with Crippen LogP contribution in [0, 0.1) is 16.7 Å². The maximum Gasteiger partial charge on any atom is 0.122 e. The zero-order valence-corrected chi connectivity index (χ0v) is 14.5. The van der Waals surface area contributed by atoms with Crippen molar-refractivity contribution < 1.29 is 9.47 Å². The average molecular weight is 303 g/mol. The van der Waals surface area contributed by atoms with Crippen LogP contribution in [0.15, 0.2) is 18.2 Å². The van der Waals surface area contributed by atoms with Crippen LogP contribution < -0.4 is 14.8 Å². The van der Waals surface area contributed by atoms with Crippen molar-refractivity contribution in [3.63, 3.8) is 0 Å². The van der Waals surface area contributed by atoms with E-state index in [0.717, 1.165) is 24.0 Å². The first-order valence-electron chi connectivity index (χ1n) is 8.36. The summed E-state index contributed by atoms with van der Waals surface area (Å²) in [5.41, 5.74) is 2.09. The first kappa shape index (κ1) is 15.7. The van der Waals surface area contributed by atoms with Gasteiger partial charge in [-0.05, 0) is 53.7 Å². The molecule has 122 valence electrons. The smallest absolute Gasteiger partial charge is 0.122 e. The Labute approximate surface area is 134 Å². The molecule has 1 N–H and O–H groups in total. The minimum Gasteiger partial charge on any atom is -0.497 e. The van der Waals surface area contributed by atoms with Crippen LogP contribution >= 0.6 is 0 Å². The molecule has 3 nitrogen and oxygen atoms in total. The molecule has 3 rings (SSSR count). The summed E-state index contributed by atoms with van der Waals surface area (Å²) < 4.78 is 10.7. The maximum atomic E-state index is 5.36. The summed E-state index contributed by atoms with van der Waals surface area (Å²) in [6.45, 7) is 8.27. The van der Waals surface area contributed by atoms with Gasteiger partial charge in [-0.15, -0.1) is 0 Å². The summed E-state index contributed by atoms with van der Waals surface area (Å²) in [4.78, 5) is 0. The normalized spacial score (nSPS) is 32.2. The molecular weight excluding hydrogens is 274 g/mol. The van der Waals surface area contributed by atoms with Gasteiger partial charge in [0.25, 0.3) is 0 Å². The highest BCUT2D eigenvalue weighted by Gasteiger charge is 2.60. The quantitative estimate of drug-likeness (QED) is 0.891. The van der Waals surface area contributed by atoms with E-state index in [4.69, 9.17) is 9.47 Å². The number of hydrogen-bond donors (Lipinski definition) is 1. The van der Waals surface area contributed by atoms with Crippen molar-refractivity contribution in [1.29, 1.82) is 0 Å². The van der Waals surface area contributed by atoms with E-state index < -0.39 is 0 Å². The Balaban J connectivity index is 1.71. The molecule has 0 radical (unpaired) electrons. The van der Waals surface area contributed by atoms with Crippen LogP contribution in [-0.2, 0) is 6.54 Å². The highest BCUT2D eigenvalue weighted by molar-refractivity contribution is 5.38. The van der Waals surface area contributed by atoms with Crippen LogP contribution in [-0.4, -0.2) is 20.3 Å². The van der Waals surface area contributed by atoms with Crippen molar-refractivity contribution in [2.45, 2.75) is 52.6 Å². The number of rotatable bonds is 5. The van der Waals surface area contributed by atoms with E-state index in [-0.39, 0.29) is 0 Å². The molecule has 1 aromatic carbocycles. The Morgan fingerprint density at radius 1 is 1.09 bits per heavy atom. The third-order valence-corrected chi connectivity index (χ3v) is 6.76. The molecule has 0 amide bonds. The van der Waals surface area contributed by atoms with Gasteiger partial charge in [0.1, 0.15) is 11.5 Å². The molecule has 2 fully saturated rings. The number of methoxy groups -OCH3 is 2. The molecule has 0 aliphatic heterocycles. The minimum atomic E-state index is 0.417. The Kier molecular flexibility index (Phi) is 3.88. The van der Waals surface area contributed by atoms with Gasteiger partial charge in [0.05, 0.1) is 14.2 Å². The number of ether oxygens (including phenoxy) is 2. The number of hydrogen-bond acceptors (Lipinski definition) is 3. The van der Waals surface area contributed by atoms with Gasteiger partial charge in [0.15, 0.2) is 0 Å². The molecule has 2 aliphatic carbocycles. The monoisotopic (exact) mass is 303 g/mol. The lowest BCUT2D eigenvalue weighted by Gasteiger charge is -2.39. The van der Waals surface area contributed by atoms with Gasteiger partial charge in [-0.1, -0.05) is 20.8 Å². The van der Waals surface area contributed by atoms with Crippen LogP contribution in [0.5, 0.6) is 11.5 Å². The molecule has 0 saturated heterocycles. The molecule has 22 heavy (non-hydrogen) atoms. The van der Waals surface area contributed by atoms with Crippen molar-refractivity contribution in [1.82, 2.24) is 5.32 Å². The Morgan fingerprint density at radius 2 is 1.73 bits per heavy atom. The van der Waals surface area contributed by atoms with Gasteiger partial charge in [-0.25, -0.2) is 0 Å². The largest absolute Gasteiger partial charge is 0.497 e. The maximum absolute atomic E-state index is 5.36. The van der Waals surface area contributed by atoms with Gasteiger partial charge >= 0.3 is 0 Å². The number of fused-ring (bicyclic) bond motifs is 2. The van der Waals surface area contributed by atoms with Gasteiger partial charge in [0, 0.05) is 18.7 Å². The Morgan fingerprint density at radius 3 is 2.18 bits per heavy atom. The molecule has 3 atom stereocenters. The van der Waals surface area contributed by atoms with E-state index >= 15 is 0 Å². The lowest BCUT2D eigenvalue weighted by Crippen LogP contribution is -2.44. The summed E-state index contributed by atoms with van der Waals surface area (Å²) in [5.74, 6) is 2.58. The van der Waals surface area contributed by atoms with Gasteiger partial charge < -0.3 is 14.8 Å². The third-order valence-electron chi connectivity index (χ3n) is 6.76. The standard InChI is InChI=1S/C19H29NO2/c1-18(2)14-6-7-19(18,3)17(10-14)20-12-13-8-15(21-4)11-16(9-13)22-5/h8-9,11,14,17,20H,6-7,10,12H2,1-5H3/t14-,17-,19+/m1/s1. The summed E-state index contributed by atoms with van der Waals surface area (Å²) in [7, 11) is 3.40. The highest BCUT2D eigenvalue weighted by Crippen LogP contribution is 2.65. The second kappa shape index (κ2) is 5.45. The minimum absolute atomic E-state index is 0.417. The predicted molar refractivity (Wildman–Crippen MR) is 89.4 cm³/mol. The van der Waals surface area contributed by atoms with Crippen LogP contribution in [0.2, 0.25) is 0 Å². The lowest BCUT2D eigenvalue weighted by molar-refractivity contribution is 0.120. The summed E-state index contributed by atoms with van der Waals surface area (Å²) in [6, 6.07) is 6.72. The first-order chi connectivity index (χ1) is 10.4. The van der Waals surface area contributed by atoms with E-state index in [1.54, 1.807) is 14.2 Å². The van der Waals surface area contributed by atoms with Gasteiger partial charge in [-0.2, -0.15) is 0 Å². The molecule has 2 aliphatic rings. The molecule has 0 aromatic heterocycles. The molecule has 2 saturated carbocycles. The molecular formula is C19H29NO2. The zero-order chi connectivity index (χ0) is 16.0. The number of benzene rings is 1. The van der Waals surface area contributed by atoms with Crippen molar-refractivity contribution >= 4 is 0 Å². The molecule has 3 heteroatoms. The van der Waals surface area contributed by atoms with Crippen LogP contribution in [0.25, 0.3) is 0 Å². The van der Waals surface area contributed by atoms with E-state index in [0.29, 0.717) is 16.9 Å². The van der Waals surface area contributed by atoms with Crippen molar-refractivity contribution in [3.8, 4) is 11.5 Å². The topological polar surface area (TPSA) is 30.5 Å². The van der Waals surface area contributed by atoms with Crippen molar-refractivity contribution in [3.05, 3.63) is 23.8 Å². The SMILES string of the molecule is COc1cc(CN[C@@H]2C[C@H]3CC[C@]2(C)C3(C)C)cc(OC)c1. The fourth-order valence-electron chi connectivity index (χ4n) is 4.72. The summed E-state index contributed by atoms with van der Waals surface area (Å²) in [6.07, 6.45) is 4.06. The second-order valence-electron chi connectivity index (χ2n) is 7.76. The van der Waals surface area contributed by atoms with E-state index in [2.05, 4.69) is 38.2 Å². The molecule has 1 aromatic rings. The van der Waals surface area contributed by atoms with Crippen molar-refractivity contribution in [2.75, 3.05) is 14.2 Å². The van der Waals surface area contributed by atoms with E-state index in [9.17, 15) is 0 Å². The lowest BCUT2D eigenvalue weighted by atomic mass is 9.69. The second-order valence-corrected chi connectivity index (χ2v) is 7.76. The number of nitrogens with one attached hydrogen (secondary N) is 1. The Hall–Kier alpha value is -1.22. The Bertz CT molecular complexity index is 532. The fraction of sp³-hybridized carbons (Fsp3) is 0.684. The van der Waals surface area contributed by atoms with E-state index in [1.165, 1.54) is 24.8 Å². The predicted octanol–water partition coefficient (Wildman–Crippen LogP) is 4.01. The fourth-order valence-corrected chi connectivity index (χ4v) is 4.72. The third kappa shape index (κ3) is 2.30. The summed E-state index contributed by atoms with van der Waals surface area (Å²) in [5, 5.41) is 3.82. The summed E-state index contributed by atoms with van der Waals surface area (Å²) >= 11 is 0. The average Bonchev–Trinajstić information content (AvgIpc) is 2.85. The molecule has 2 bridgehead atoms. The first-order valence-corrected chi connectivity index (χ1v) is 8.36. The van der Waals surface area contributed by atoms with Crippen molar-refractivity contribution in [2.24, 2.45) is 16.7 Å². The van der Waals surface area contributed by atoms with Crippen LogP contribution in [0.4, 0.5) is 0 Å². The van der Waals surface area contributed by atoms with Crippen LogP contribution in [0.1, 0.15) is 45.6 Å². The van der Waals surface area contributed by atoms with Gasteiger partial charge in [0.2, 0.25) is 0 Å². The zero-order valence-electron chi connectivity index (χ0n) is 14.5.